The molecule has 0 aliphatic carbocycles. The topological polar surface area (TPSA) is 77.6 Å². The highest BCUT2D eigenvalue weighted by molar-refractivity contribution is 7.99. The Bertz CT molecular complexity index is 894. The second-order valence-corrected chi connectivity index (χ2v) is 6.56. The Labute approximate surface area is 153 Å². The first-order chi connectivity index (χ1) is 12.7. The molecule has 1 N–H and O–H groups in total. The molecule has 1 fully saturated rings. The van der Waals surface area contributed by atoms with E-state index in [0.717, 1.165) is 5.56 Å². The van der Waals surface area contributed by atoms with Gasteiger partial charge in [0.05, 0.1) is 24.5 Å². The third-order valence-electron chi connectivity index (χ3n) is 3.96. The van der Waals surface area contributed by atoms with Gasteiger partial charge >= 0.3 is 0 Å². The van der Waals surface area contributed by atoms with Gasteiger partial charge in [-0.3, -0.25) is 0 Å². The van der Waals surface area contributed by atoms with Gasteiger partial charge in [0, 0.05) is 5.56 Å². The predicted octanol–water partition coefficient (Wildman–Crippen LogP) is 3.57. The Morgan fingerprint density at radius 3 is 2.50 bits per heavy atom. The lowest BCUT2D eigenvalue weighted by molar-refractivity contribution is -0.145. The number of ether oxygens (including phenoxy) is 2. The lowest BCUT2D eigenvalue weighted by Gasteiger charge is -2.26. The fourth-order valence-corrected chi connectivity index (χ4v) is 3.56. The summed E-state index contributed by atoms with van der Waals surface area (Å²) in [5.41, 5.74) is 1.19. The minimum Gasteiger partial charge on any atom is -0.507 e. The molecule has 2 heterocycles. The largest absolute Gasteiger partial charge is 0.507 e. The highest BCUT2D eigenvalue weighted by Crippen LogP contribution is 2.37. The van der Waals surface area contributed by atoms with Crippen LogP contribution in [0.2, 0.25) is 0 Å². The van der Waals surface area contributed by atoms with Crippen molar-refractivity contribution in [2.75, 3.05) is 19.0 Å². The number of phenols is 1. The highest BCUT2D eigenvalue weighted by atomic mass is 32.2. The number of aromatic nitrogens is 2. The molecule has 0 amide bonds. The third kappa shape index (κ3) is 3.31. The van der Waals surface area contributed by atoms with E-state index in [1.807, 2.05) is 0 Å². The van der Waals surface area contributed by atoms with Crippen molar-refractivity contribution in [3.05, 3.63) is 59.9 Å². The molecule has 0 bridgehead atoms. The van der Waals surface area contributed by atoms with Crippen LogP contribution < -0.4 is 0 Å². The summed E-state index contributed by atoms with van der Waals surface area (Å²) >= 11 is 1.27. The number of halogens is 1. The Kier molecular flexibility index (Phi) is 4.62. The molecule has 1 aliphatic heterocycles. The number of thioether (sulfide) groups is 1. The normalized spacial score (nSPS) is 16.0. The van der Waals surface area contributed by atoms with Crippen LogP contribution in [0, 0.1) is 5.82 Å². The summed E-state index contributed by atoms with van der Waals surface area (Å²) in [7, 11) is 0. The molecular weight excluding hydrogens is 359 g/mol. The van der Waals surface area contributed by atoms with Crippen molar-refractivity contribution in [3.8, 4) is 17.2 Å². The smallest absolute Gasteiger partial charge is 0.277 e. The number of hydrogen-bond donors (Lipinski definition) is 1. The third-order valence-corrected chi connectivity index (χ3v) is 4.90. The number of aromatic hydroxyl groups is 1. The molecule has 2 aromatic carbocycles. The minimum absolute atomic E-state index is 0.0675. The van der Waals surface area contributed by atoms with Gasteiger partial charge in [-0.05, 0) is 24.3 Å². The van der Waals surface area contributed by atoms with Gasteiger partial charge in [0.1, 0.15) is 11.6 Å². The fourth-order valence-electron chi connectivity index (χ4n) is 2.68. The molecule has 134 valence electrons. The van der Waals surface area contributed by atoms with Gasteiger partial charge < -0.3 is 19.0 Å². The van der Waals surface area contributed by atoms with Gasteiger partial charge in [0.25, 0.3) is 11.1 Å². The maximum Gasteiger partial charge on any atom is 0.277 e. The first-order valence-corrected chi connectivity index (χ1v) is 8.93. The maximum atomic E-state index is 13.2. The van der Waals surface area contributed by atoms with Gasteiger partial charge in [-0.15, -0.1) is 10.2 Å². The number of nitrogens with zero attached hydrogens (tertiary/aromatic N) is 2. The number of rotatable bonds is 5. The molecule has 4 rings (SSSR count). The molecule has 1 aromatic heterocycles. The molecule has 3 aromatic rings. The molecule has 0 spiro atoms. The van der Waals surface area contributed by atoms with Crippen molar-refractivity contribution >= 4 is 11.8 Å². The van der Waals surface area contributed by atoms with Crippen LogP contribution in [0.3, 0.4) is 0 Å². The lowest BCUT2D eigenvalue weighted by atomic mass is 10.1. The van der Waals surface area contributed by atoms with E-state index in [0.29, 0.717) is 29.8 Å². The van der Waals surface area contributed by atoms with E-state index in [9.17, 15) is 9.50 Å². The first kappa shape index (κ1) is 17.0. The van der Waals surface area contributed by atoms with Crippen LogP contribution in [0.25, 0.3) is 11.5 Å². The molecular formula is C18H15FN2O4S. The average molecular weight is 374 g/mol. The molecule has 1 aliphatic rings. The van der Waals surface area contributed by atoms with E-state index in [2.05, 4.69) is 10.2 Å². The standard InChI is InChI=1S/C18H15FN2O4S/c19-13-7-5-12(6-8-13)18(23-9-10-24-18)11-26-17-21-20-16(25-17)14-3-1-2-4-15(14)22/h1-8,22H,9-11H2. The number of hydrogen-bond acceptors (Lipinski definition) is 7. The van der Waals surface area contributed by atoms with Crippen molar-refractivity contribution in [2.24, 2.45) is 0 Å². The summed E-state index contributed by atoms with van der Waals surface area (Å²) in [4.78, 5) is 0. The van der Waals surface area contributed by atoms with E-state index in [4.69, 9.17) is 13.9 Å². The SMILES string of the molecule is Oc1ccccc1-c1nnc(SCC2(c3ccc(F)cc3)OCCO2)o1. The van der Waals surface area contributed by atoms with Gasteiger partial charge in [0.15, 0.2) is 0 Å². The van der Waals surface area contributed by atoms with E-state index in [-0.39, 0.29) is 17.5 Å². The molecule has 8 heteroatoms. The Balaban J connectivity index is 1.52. The van der Waals surface area contributed by atoms with Crippen molar-refractivity contribution in [2.45, 2.75) is 11.0 Å². The summed E-state index contributed by atoms with van der Waals surface area (Å²) < 4.78 is 30.4. The van der Waals surface area contributed by atoms with Crippen molar-refractivity contribution < 1.29 is 23.4 Å². The van der Waals surface area contributed by atoms with Crippen LogP contribution in [0.5, 0.6) is 5.75 Å². The summed E-state index contributed by atoms with van der Waals surface area (Å²) in [5, 5.41) is 18.2. The molecule has 0 saturated carbocycles. The quantitative estimate of drug-likeness (QED) is 0.684. The van der Waals surface area contributed by atoms with Crippen molar-refractivity contribution in [1.29, 1.82) is 0 Å². The van der Waals surface area contributed by atoms with Gasteiger partial charge in [-0.2, -0.15) is 0 Å². The van der Waals surface area contributed by atoms with Crippen LogP contribution in [0.1, 0.15) is 5.56 Å². The zero-order valence-electron chi connectivity index (χ0n) is 13.6. The first-order valence-electron chi connectivity index (χ1n) is 7.95. The average Bonchev–Trinajstić information content (AvgIpc) is 3.31. The van der Waals surface area contributed by atoms with Crippen LogP contribution in [-0.4, -0.2) is 34.3 Å². The second-order valence-electron chi connectivity index (χ2n) is 5.64. The summed E-state index contributed by atoms with van der Waals surface area (Å²) in [5.74, 6) is -0.644. The zero-order valence-corrected chi connectivity index (χ0v) is 14.4. The van der Waals surface area contributed by atoms with Crippen molar-refractivity contribution in [3.63, 3.8) is 0 Å². The number of benzene rings is 2. The number of phenolic OH excluding ortho intramolecular Hbond substituents is 1. The summed E-state index contributed by atoms with van der Waals surface area (Å²) in [6.45, 7) is 0.899. The van der Waals surface area contributed by atoms with Crippen LogP contribution in [0.4, 0.5) is 4.39 Å². The monoisotopic (exact) mass is 374 g/mol. The number of para-hydroxylation sites is 1. The van der Waals surface area contributed by atoms with E-state index in [1.54, 1.807) is 36.4 Å². The molecule has 0 radical (unpaired) electrons. The fraction of sp³-hybridized carbons (Fsp3) is 0.222. The molecule has 0 unspecified atom stereocenters. The van der Waals surface area contributed by atoms with Gasteiger partial charge in [-0.1, -0.05) is 36.0 Å². The molecule has 26 heavy (non-hydrogen) atoms. The minimum atomic E-state index is -0.984. The Morgan fingerprint density at radius 1 is 1.04 bits per heavy atom. The van der Waals surface area contributed by atoms with Crippen LogP contribution >= 0.6 is 11.8 Å². The highest BCUT2D eigenvalue weighted by Gasteiger charge is 2.39. The van der Waals surface area contributed by atoms with E-state index >= 15 is 0 Å². The predicted molar refractivity (Wildman–Crippen MR) is 92.1 cm³/mol. The molecule has 1 saturated heterocycles. The van der Waals surface area contributed by atoms with E-state index in [1.165, 1.54) is 23.9 Å². The van der Waals surface area contributed by atoms with Crippen LogP contribution in [0.15, 0.2) is 58.2 Å². The lowest BCUT2D eigenvalue weighted by Crippen LogP contribution is -2.30. The van der Waals surface area contributed by atoms with E-state index < -0.39 is 5.79 Å². The Hall–Kier alpha value is -2.42. The van der Waals surface area contributed by atoms with Gasteiger partial charge in [0.2, 0.25) is 5.79 Å². The van der Waals surface area contributed by atoms with Gasteiger partial charge in [-0.25, -0.2) is 4.39 Å². The maximum absolute atomic E-state index is 13.2. The Morgan fingerprint density at radius 2 is 1.77 bits per heavy atom. The summed E-state index contributed by atoms with van der Waals surface area (Å²) in [6, 6.07) is 12.8. The molecule has 0 atom stereocenters. The van der Waals surface area contributed by atoms with Crippen molar-refractivity contribution in [1.82, 2.24) is 10.2 Å². The summed E-state index contributed by atoms with van der Waals surface area (Å²) in [6.07, 6.45) is 0. The second kappa shape index (κ2) is 7.06. The molecule has 6 nitrogen and oxygen atoms in total. The van der Waals surface area contributed by atoms with Crippen LogP contribution in [-0.2, 0) is 15.3 Å². The zero-order chi connectivity index (χ0) is 18.0.